The Labute approximate surface area is 196 Å². The SMILES string of the molecule is CNC(=O)C(N[C@@H](CCc1ccc(C(F)(F)F)cc1)c1cccc(Cl)n1)c1ccc(C)cc1. The van der Waals surface area contributed by atoms with Gasteiger partial charge in [-0.3, -0.25) is 10.1 Å². The van der Waals surface area contributed by atoms with E-state index in [0.29, 0.717) is 23.7 Å². The molecule has 1 aromatic heterocycles. The maximum Gasteiger partial charge on any atom is 0.416 e. The van der Waals surface area contributed by atoms with Gasteiger partial charge in [-0.15, -0.1) is 0 Å². The van der Waals surface area contributed by atoms with Crippen molar-refractivity contribution in [3.05, 3.63) is 99.8 Å². The number of carbonyl (C=O) groups excluding carboxylic acids is 1. The number of nitrogens with zero attached hydrogens (tertiary/aromatic N) is 1. The minimum atomic E-state index is -4.37. The number of nitrogens with one attached hydrogen (secondary N) is 2. The molecule has 33 heavy (non-hydrogen) atoms. The number of pyridine rings is 1. The average molecular weight is 476 g/mol. The van der Waals surface area contributed by atoms with Crippen LogP contribution in [-0.2, 0) is 17.4 Å². The number of likely N-dealkylation sites (N-methyl/N-ethyl adjacent to an activating group) is 1. The number of alkyl halides is 3. The number of hydrogen-bond acceptors (Lipinski definition) is 3. The van der Waals surface area contributed by atoms with Crippen LogP contribution in [0.1, 0.15) is 46.5 Å². The summed E-state index contributed by atoms with van der Waals surface area (Å²) in [6.07, 6.45) is -3.39. The molecule has 8 heteroatoms. The van der Waals surface area contributed by atoms with Gasteiger partial charge in [0.15, 0.2) is 0 Å². The maximum absolute atomic E-state index is 12.9. The molecule has 1 amide bonds. The van der Waals surface area contributed by atoms with E-state index in [1.165, 1.54) is 12.1 Å². The number of rotatable bonds is 8. The first-order valence-electron chi connectivity index (χ1n) is 10.5. The molecular formula is C25H25ClF3N3O. The molecule has 0 spiro atoms. The van der Waals surface area contributed by atoms with E-state index in [9.17, 15) is 18.0 Å². The molecule has 1 unspecified atom stereocenters. The standard InChI is InChI=1S/C25H25ClF3N3O/c1-16-6-11-18(12-7-16)23(24(33)30-2)32-21(20-4-3-5-22(26)31-20)15-10-17-8-13-19(14-9-17)25(27,28)29/h3-9,11-14,21,23,32H,10,15H2,1-2H3,(H,30,33)/t21-,23?/m0/s1. The third-order valence-electron chi connectivity index (χ3n) is 5.38. The van der Waals surface area contributed by atoms with Gasteiger partial charge in [-0.05, 0) is 55.2 Å². The smallest absolute Gasteiger partial charge is 0.358 e. The van der Waals surface area contributed by atoms with Gasteiger partial charge < -0.3 is 5.32 Å². The second-order valence-electron chi connectivity index (χ2n) is 7.80. The van der Waals surface area contributed by atoms with E-state index in [0.717, 1.165) is 28.8 Å². The molecule has 3 rings (SSSR count). The number of halogens is 4. The van der Waals surface area contributed by atoms with E-state index in [1.54, 1.807) is 19.2 Å². The van der Waals surface area contributed by atoms with Gasteiger partial charge in [-0.1, -0.05) is 59.6 Å². The third-order valence-corrected chi connectivity index (χ3v) is 5.59. The number of aryl methyl sites for hydroxylation is 2. The van der Waals surface area contributed by atoms with Crippen LogP contribution in [0.3, 0.4) is 0 Å². The van der Waals surface area contributed by atoms with Crippen LogP contribution in [-0.4, -0.2) is 17.9 Å². The predicted octanol–water partition coefficient (Wildman–Crippen LogP) is 5.81. The van der Waals surface area contributed by atoms with Crippen molar-refractivity contribution in [1.82, 2.24) is 15.6 Å². The van der Waals surface area contributed by atoms with Gasteiger partial charge in [0.1, 0.15) is 11.2 Å². The van der Waals surface area contributed by atoms with Crippen molar-refractivity contribution in [2.75, 3.05) is 7.05 Å². The number of amides is 1. The fourth-order valence-electron chi connectivity index (χ4n) is 3.53. The predicted molar refractivity (Wildman–Crippen MR) is 123 cm³/mol. The molecule has 4 nitrogen and oxygen atoms in total. The Morgan fingerprint density at radius 3 is 2.27 bits per heavy atom. The van der Waals surface area contributed by atoms with Gasteiger partial charge in [0.2, 0.25) is 5.91 Å². The van der Waals surface area contributed by atoms with Crippen molar-refractivity contribution < 1.29 is 18.0 Å². The summed E-state index contributed by atoms with van der Waals surface area (Å²) in [6.45, 7) is 1.97. The van der Waals surface area contributed by atoms with Crippen LogP contribution in [0.25, 0.3) is 0 Å². The Kier molecular flexibility index (Phi) is 8.10. The highest BCUT2D eigenvalue weighted by molar-refractivity contribution is 6.29. The zero-order chi connectivity index (χ0) is 24.0. The largest absolute Gasteiger partial charge is 0.416 e. The molecule has 174 valence electrons. The molecule has 0 saturated carbocycles. The van der Waals surface area contributed by atoms with Gasteiger partial charge in [-0.2, -0.15) is 13.2 Å². The monoisotopic (exact) mass is 475 g/mol. The van der Waals surface area contributed by atoms with E-state index in [-0.39, 0.29) is 11.9 Å². The van der Waals surface area contributed by atoms with Crippen LogP contribution in [0, 0.1) is 6.92 Å². The Balaban J connectivity index is 1.85. The topological polar surface area (TPSA) is 54.0 Å². The highest BCUT2D eigenvalue weighted by Crippen LogP contribution is 2.30. The Morgan fingerprint density at radius 2 is 1.70 bits per heavy atom. The molecule has 0 saturated heterocycles. The van der Waals surface area contributed by atoms with Gasteiger partial charge >= 0.3 is 6.18 Å². The average Bonchev–Trinajstić information content (AvgIpc) is 2.79. The van der Waals surface area contributed by atoms with E-state index >= 15 is 0 Å². The van der Waals surface area contributed by atoms with Crippen molar-refractivity contribution in [2.45, 2.75) is 38.0 Å². The molecule has 2 atom stereocenters. The Morgan fingerprint density at radius 1 is 1.03 bits per heavy atom. The molecule has 1 heterocycles. The van der Waals surface area contributed by atoms with Gasteiger partial charge in [0.25, 0.3) is 0 Å². The van der Waals surface area contributed by atoms with Crippen molar-refractivity contribution in [2.24, 2.45) is 0 Å². The summed E-state index contributed by atoms with van der Waals surface area (Å²) in [5.74, 6) is -0.208. The fraction of sp³-hybridized carbons (Fsp3) is 0.280. The van der Waals surface area contributed by atoms with E-state index in [4.69, 9.17) is 11.6 Å². The minimum Gasteiger partial charge on any atom is -0.358 e. The maximum atomic E-state index is 12.9. The van der Waals surface area contributed by atoms with Crippen LogP contribution in [0.2, 0.25) is 5.15 Å². The lowest BCUT2D eigenvalue weighted by Crippen LogP contribution is -2.38. The number of benzene rings is 2. The number of carbonyl (C=O) groups is 1. The van der Waals surface area contributed by atoms with Crippen molar-refractivity contribution in [1.29, 1.82) is 0 Å². The first-order chi connectivity index (χ1) is 15.7. The van der Waals surface area contributed by atoms with Crippen LogP contribution >= 0.6 is 11.6 Å². The van der Waals surface area contributed by atoms with Crippen LogP contribution in [0.4, 0.5) is 13.2 Å². The molecule has 0 radical (unpaired) electrons. The first kappa shape index (κ1) is 24.7. The van der Waals surface area contributed by atoms with Gasteiger partial charge in [0, 0.05) is 7.05 Å². The third kappa shape index (κ3) is 6.79. The number of hydrogen-bond donors (Lipinski definition) is 2. The summed E-state index contributed by atoms with van der Waals surface area (Å²) < 4.78 is 38.6. The lowest BCUT2D eigenvalue weighted by atomic mass is 9.98. The molecule has 0 fully saturated rings. The number of aromatic nitrogens is 1. The van der Waals surface area contributed by atoms with Crippen LogP contribution < -0.4 is 10.6 Å². The van der Waals surface area contributed by atoms with Crippen molar-refractivity contribution in [3.63, 3.8) is 0 Å². The summed E-state index contributed by atoms with van der Waals surface area (Å²) in [6, 6.07) is 17.0. The summed E-state index contributed by atoms with van der Waals surface area (Å²) in [4.78, 5) is 17.1. The molecular weight excluding hydrogens is 451 g/mol. The highest BCUT2D eigenvalue weighted by Gasteiger charge is 2.30. The van der Waals surface area contributed by atoms with E-state index in [2.05, 4.69) is 15.6 Å². The van der Waals surface area contributed by atoms with E-state index in [1.807, 2.05) is 37.3 Å². The molecule has 0 bridgehead atoms. The molecule has 0 aliphatic carbocycles. The van der Waals surface area contributed by atoms with Gasteiger partial charge in [0.05, 0.1) is 17.3 Å². The second kappa shape index (κ2) is 10.8. The molecule has 0 aliphatic rings. The molecule has 3 aromatic rings. The molecule has 2 N–H and O–H groups in total. The molecule has 2 aromatic carbocycles. The minimum absolute atomic E-state index is 0.208. The second-order valence-corrected chi connectivity index (χ2v) is 8.18. The Bertz CT molecular complexity index is 1070. The van der Waals surface area contributed by atoms with Crippen molar-refractivity contribution >= 4 is 17.5 Å². The fourth-order valence-corrected chi connectivity index (χ4v) is 3.70. The van der Waals surface area contributed by atoms with Crippen molar-refractivity contribution in [3.8, 4) is 0 Å². The normalized spacial score (nSPS) is 13.4. The van der Waals surface area contributed by atoms with Crippen LogP contribution in [0.15, 0.2) is 66.7 Å². The quantitative estimate of drug-likeness (QED) is 0.404. The summed E-state index contributed by atoms with van der Waals surface area (Å²) in [7, 11) is 1.57. The van der Waals surface area contributed by atoms with E-state index < -0.39 is 17.8 Å². The Hall–Kier alpha value is -2.90. The molecule has 0 aliphatic heterocycles. The van der Waals surface area contributed by atoms with Gasteiger partial charge in [-0.25, -0.2) is 4.98 Å². The first-order valence-corrected chi connectivity index (χ1v) is 10.9. The lowest BCUT2D eigenvalue weighted by Gasteiger charge is -2.25. The summed E-state index contributed by atoms with van der Waals surface area (Å²) >= 11 is 6.10. The summed E-state index contributed by atoms with van der Waals surface area (Å²) in [5.41, 5.74) is 2.59. The van der Waals surface area contributed by atoms with Crippen LogP contribution in [0.5, 0.6) is 0 Å². The highest BCUT2D eigenvalue weighted by atomic mass is 35.5. The zero-order valence-corrected chi connectivity index (χ0v) is 19.0. The zero-order valence-electron chi connectivity index (χ0n) is 18.3. The summed E-state index contributed by atoms with van der Waals surface area (Å²) in [5, 5.41) is 6.38. The lowest BCUT2D eigenvalue weighted by molar-refractivity contribution is -0.137.